The summed E-state index contributed by atoms with van der Waals surface area (Å²) in [5, 5.41) is 3.49. The average molecular weight is 401 g/mol. The van der Waals surface area contributed by atoms with Crippen molar-refractivity contribution >= 4 is 31.9 Å². The van der Waals surface area contributed by atoms with Gasteiger partial charge in [0.1, 0.15) is 5.82 Å². The molecule has 0 fully saturated rings. The Morgan fingerprint density at radius 3 is 2.40 bits per heavy atom. The molecule has 106 valence electrons. The van der Waals surface area contributed by atoms with Crippen LogP contribution in [0, 0.1) is 5.82 Å². The second-order valence-corrected chi connectivity index (χ2v) is 6.60. The summed E-state index contributed by atoms with van der Waals surface area (Å²) < 4.78 is 15.4. The lowest BCUT2D eigenvalue weighted by Gasteiger charge is -2.22. The topological polar surface area (TPSA) is 12.0 Å². The molecule has 1 nitrogen and oxygen atoms in total. The predicted molar refractivity (Wildman–Crippen MR) is 88.2 cm³/mol. The molecule has 0 aromatic heterocycles. The van der Waals surface area contributed by atoms with Gasteiger partial charge in [0.2, 0.25) is 0 Å². The van der Waals surface area contributed by atoms with Crippen LogP contribution in [0.15, 0.2) is 51.4 Å². The Bertz CT molecular complexity index is 601. The van der Waals surface area contributed by atoms with Crippen LogP contribution < -0.4 is 5.32 Å². The maximum absolute atomic E-state index is 13.3. The number of hydrogen-bond acceptors (Lipinski definition) is 1. The second-order valence-electron chi connectivity index (χ2n) is 4.83. The lowest BCUT2D eigenvalue weighted by atomic mass is 10.0. The third-order valence-electron chi connectivity index (χ3n) is 3.28. The average Bonchev–Trinajstić information content (AvgIpc) is 2.38. The molecule has 2 rings (SSSR count). The number of halogens is 3. The first-order valence-corrected chi connectivity index (χ1v) is 8.02. The molecule has 0 saturated heterocycles. The van der Waals surface area contributed by atoms with Gasteiger partial charge in [0.15, 0.2) is 0 Å². The smallest absolute Gasteiger partial charge is 0.123 e. The maximum Gasteiger partial charge on any atom is 0.123 e. The normalized spacial score (nSPS) is 14.1. The molecular weight excluding hydrogens is 385 g/mol. The van der Waals surface area contributed by atoms with Crippen molar-refractivity contribution in [1.29, 1.82) is 0 Å². The molecule has 0 amide bonds. The molecule has 2 atom stereocenters. The van der Waals surface area contributed by atoms with E-state index in [9.17, 15) is 4.39 Å². The zero-order chi connectivity index (χ0) is 14.7. The Balaban J connectivity index is 2.12. The van der Waals surface area contributed by atoms with E-state index >= 15 is 0 Å². The summed E-state index contributed by atoms with van der Waals surface area (Å²) in [6.45, 7) is 4.14. The minimum Gasteiger partial charge on any atom is -0.304 e. The van der Waals surface area contributed by atoms with E-state index in [-0.39, 0.29) is 17.9 Å². The van der Waals surface area contributed by atoms with Gasteiger partial charge in [0, 0.05) is 21.0 Å². The lowest BCUT2D eigenvalue weighted by Crippen LogP contribution is -2.22. The highest BCUT2D eigenvalue weighted by atomic mass is 79.9. The van der Waals surface area contributed by atoms with Crippen molar-refractivity contribution in [2.24, 2.45) is 0 Å². The van der Waals surface area contributed by atoms with Gasteiger partial charge in [-0.15, -0.1) is 0 Å². The molecule has 0 radical (unpaired) electrons. The monoisotopic (exact) mass is 399 g/mol. The highest BCUT2D eigenvalue weighted by Gasteiger charge is 2.14. The van der Waals surface area contributed by atoms with E-state index < -0.39 is 0 Å². The Labute approximate surface area is 135 Å². The van der Waals surface area contributed by atoms with E-state index in [2.05, 4.69) is 50.2 Å². The van der Waals surface area contributed by atoms with Crippen molar-refractivity contribution in [3.63, 3.8) is 0 Å². The van der Waals surface area contributed by atoms with Gasteiger partial charge in [-0.25, -0.2) is 4.39 Å². The van der Waals surface area contributed by atoms with Crippen molar-refractivity contribution in [2.45, 2.75) is 25.9 Å². The Hall–Kier alpha value is -0.710. The van der Waals surface area contributed by atoms with Crippen molar-refractivity contribution in [3.05, 3.63) is 68.4 Å². The van der Waals surface area contributed by atoms with Crippen LogP contribution in [0.1, 0.15) is 37.1 Å². The van der Waals surface area contributed by atoms with Crippen LogP contribution in [-0.2, 0) is 0 Å². The summed E-state index contributed by atoms with van der Waals surface area (Å²) in [5.41, 5.74) is 2.13. The molecule has 2 aromatic carbocycles. The van der Waals surface area contributed by atoms with Crippen molar-refractivity contribution < 1.29 is 4.39 Å². The van der Waals surface area contributed by atoms with Crippen molar-refractivity contribution in [3.8, 4) is 0 Å². The van der Waals surface area contributed by atoms with Gasteiger partial charge in [-0.05, 0) is 49.2 Å². The number of rotatable bonds is 4. The molecule has 20 heavy (non-hydrogen) atoms. The van der Waals surface area contributed by atoms with Gasteiger partial charge in [-0.2, -0.15) is 0 Å². The maximum atomic E-state index is 13.3. The van der Waals surface area contributed by atoms with Crippen LogP contribution in [0.4, 0.5) is 4.39 Å². The van der Waals surface area contributed by atoms with E-state index in [0.29, 0.717) is 0 Å². The molecule has 0 aliphatic rings. The first-order chi connectivity index (χ1) is 9.47. The largest absolute Gasteiger partial charge is 0.304 e. The lowest BCUT2D eigenvalue weighted by molar-refractivity contribution is 0.490. The fourth-order valence-corrected chi connectivity index (χ4v) is 3.58. The first-order valence-electron chi connectivity index (χ1n) is 6.44. The van der Waals surface area contributed by atoms with Gasteiger partial charge in [-0.1, -0.05) is 50.1 Å². The molecule has 1 N–H and O–H groups in total. The molecule has 2 aromatic rings. The van der Waals surface area contributed by atoms with Crippen LogP contribution in [0.3, 0.4) is 0 Å². The first kappa shape index (κ1) is 15.7. The molecular formula is C16H16Br2FN. The van der Waals surface area contributed by atoms with Crippen molar-refractivity contribution in [1.82, 2.24) is 5.32 Å². The summed E-state index contributed by atoms with van der Waals surface area (Å²) in [6, 6.07) is 13.1. The van der Waals surface area contributed by atoms with Gasteiger partial charge >= 0.3 is 0 Å². The molecule has 0 aliphatic carbocycles. The quantitative estimate of drug-likeness (QED) is 0.687. The summed E-state index contributed by atoms with van der Waals surface area (Å²) in [5.74, 6) is -0.200. The summed E-state index contributed by atoms with van der Waals surface area (Å²) in [6.07, 6.45) is 0. The molecule has 0 spiro atoms. The fourth-order valence-electron chi connectivity index (χ4n) is 2.19. The number of benzene rings is 2. The van der Waals surface area contributed by atoms with Gasteiger partial charge < -0.3 is 5.32 Å². The van der Waals surface area contributed by atoms with Crippen LogP contribution in [-0.4, -0.2) is 0 Å². The van der Waals surface area contributed by atoms with Crippen molar-refractivity contribution in [2.75, 3.05) is 0 Å². The highest BCUT2D eigenvalue weighted by Crippen LogP contribution is 2.28. The van der Waals surface area contributed by atoms with E-state index in [1.807, 2.05) is 25.1 Å². The van der Waals surface area contributed by atoms with Gasteiger partial charge in [0.25, 0.3) is 0 Å². The summed E-state index contributed by atoms with van der Waals surface area (Å²) in [7, 11) is 0. The van der Waals surface area contributed by atoms with Crippen LogP contribution in [0.5, 0.6) is 0 Å². The van der Waals surface area contributed by atoms with E-state index in [0.717, 1.165) is 14.5 Å². The summed E-state index contributed by atoms with van der Waals surface area (Å²) in [4.78, 5) is 0. The SMILES string of the molecule is CC(N[C@@H](C)c1cccc(F)c1)c1ccc(Br)cc1Br. The third-order valence-corrected chi connectivity index (χ3v) is 4.46. The zero-order valence-corrected chi connectivity index (χ0v) is 14.5. The van der Waals surface area contributed by atoms with E-state index in [1.165, 1.54) is 11.6 Å². The predicted octanol–water partition coefficient (Wildman–Crippen LogP) is 5.76. The molecule has 0 saturated carbocycles. The van der Waals surface area contributed by atoms with Crippen LogP contribution in [0.2, 0.25) is 0 Å². The molecule has 0 heterocycles. The van der Waals surface area contributed by atoms with E-state index in [1.54, 1.807) is 12.1 Å². The minimum atomic E-state index is -0.200. The van der Waals surface area contributed by atoms with E-state index in [4.69, 9.17) is 0 Å². The number of hydrogen-bond donors (Lipinski definition) is 1. The Morgan fingerprint density at radius 2 is 1.75 bits per heavy atom. The Kier molecular flexibility index (Phi) is 5.35. The standard InChI is InChI=1S/C16H16Br2FN/c1-10(12-4-3-5-14(19)8-12)20-11(2)15-7-6-13(17)9-16(15)18/h3-11,20H,1-2H3/t10-,11?/m0/s1. The zero-order valence-electron chi connectivity index (χ0n) is 11.3. The van der Waals surface area contributed by atoms with Crippen LogP contribution >= 0.6 is 31.9 Å². The van der Waals surface area contributed by atoms with Gasteiger partial charge in [-0.3, -0.25) is 0 Å². The molecule has 1 unspecified atom stereocenters. The molecule has 0 bridgehead atoms. The Morgan fingerprint density at radius 1 is 1.00 bits per heavy atom. The molecule has 0 aliphatic heterocycles. The summed E-state index contributed by atoms with van der Waals surface area (Å²) >= 11 is 7.02. The van der Waals surface area contributed by atoms with Crippen LogP contribution in [0.25, 0.3) is 0 Å². The third kappa shape index (κ3) is 3.90. The fraction of sp³-hybridized carbons (Fsp3) is 0.250. The van der Waals surface area contributed by atoms with Gasteiger partial charge in [0.05, 0.1) is 0 Å². The second kappa shape index (κ2) is 6.83. The number of nitrogens with one attached hydrogen (secondary N) is 1. The molecule has 4 heteroatoms. The highest BCUT2D eigenvalue weighted by molar-refractivity contribution is 9.11. The minimum absolute atomic E-state index is 0.0799.